The number of hydrogen-bond acceptors (Lipinski definition) is 3. The molecule has 0 saturated heterocycles. The Bertz CT molecular complexity index is 735. The van der Waals surface area contributed by atoms with Gasteiger partial charge in [-0.2, -0.15) is 0 Å². The van der Waals surface area contributed by atoms with Gasteiger partial charge in [0.25, 0.3) is 0 Å². The summed E-state index contributed by atoms with van der Waals surface area (Å²) in [6.45, 7) is 2.84. The van der Waals surface area contributed by atoms with Crippen molar-refractivity contribution in [1.82, 2.24) is 9.55 Å². The van der Waals surface area contributed by atoms with Crippen LogP contribution in [0, 0.1) is 0 Å². The van der Waals surface area contributed by atoms with Gasteiger partial charge >= 0.3 is 0 Å². The number of imidazole rings is 1. The van der Waals surface area contributed by atoms with E-state index in [2.05, 4.69) is 4.98 Å². The van der Waals surface area contributed by atoms with Crippen LogP contribution in [0.3, 0.4) is 0 Å². The predicted molar refractivity (Wildman–Crippen MR) is 84.3 cm³/mol. The molecule has 106 valence electrons. The molecule has 0 bridgehead atoms. The lowest BCUT2D eigenvalue weighted by atomic mass is 10.1. The molecule has 0 aliphatic carbocycles. The molecule has 0 unspecified atom stereocenters. The monoisotopic (exact) mass is 279 g/mol. The van der Waals surface area contributed by atoms with Crippen LogP contribution in [0.1, 0.15) is 6.92 Å². The number of aromatic nitrogens is 2. The second-order valence-corrected chi connectivity index (χ2v) is 4.71. The highest BCUT2D eigenvalue weighted by Gasteiger charge is 2.10. The number of aryl methyl sites for hydroxylation is 1. The Hall–Kier alpha value is -2.75. The zero-order chi connectivity index (χ0) is 14.7. The Kier molecular flexibility index (Phi) is 3.60. The van der Waals surface area contributed by atoms with Crippen molar-refractivity contribution in [2.75, 3.05) is 5.73 Å². The minimum Gasteiger partial charge on any atom is -0.457 e. The molecule has 3 aromatic rings. The van der Waals surface area contributed by atoms with Crippen LogP contribution in [0.4, 0.5) is 5.82 Å². The molecule has 0 atom stereocenters. The van der Waals surface area contributed by atoms with E-state index in [1.807, 2.05) is 66.1 Å². The molecule has 0 radical (unpaired) electrons. The molecule has 4 nitrogen and oxygen atoms in total. The van der Waals surface area contributed by atoms with E-state index in [0.717, 1.165) is 29.3 Å². The van der Waals surface area contributed by atoms with Crippen molar-refractivity contribution in [3.05, 3.63) is 60.9 Å². The molecule has 1 aromatic heterocycles. The first-order valence-corrected chi connectivity index (χ1v) is 6.92. The van der Waals surface area contributed by atoms with E-state index in [0.29, 0.717) is 5.82 Å². The average Bonchev–Trinajstić information content (AvgIpc) is 2.89. The van der Waals surface area contributed by atoms with Crippen molar-refractivity contribution in [2.24, 2.45) is 0 Å². The quantitative estimate of drug-likeness (QED) is 0.787. The predicted octanol–water partition coefficient (Wildman–Crippen LogP) is 3.94. The zero-order valence-electron chi connectivity index (χ0n) is 11.9. The molecule has 3 rings (SSSR count). The summed E-state index contributed by atoms with van der Waals surface area (Å²) in [6, 6.07) is 17.5. The van der Waals surface area contributed by atoms with Crippen molar-refractivity contribution in [3.8, 4) is 22.8 Å². The lowest BCUT2D eigenvalue weighted by Gasteiger charge is -2.07. The standard InChI is InChI=1S/C17H17N3O/c1-2-20-12-19-16(17(20)18)13-7-6-10-15(11-13)21-14-8-4-3-5-9-14/h3-12H,2,18H2,1H3. The number of nitrogen functional groups attached to an aromatic ring is 1. The van der Waals surface area contributed by atoms with Crippen LogP contribution in [-0.2, 0) is 6.54 Å². The normalized spacial score (nSPS) is 10.5. The fourth-order valence-corrected chi connectivity index (χ4v) is 2.20. The second-order valence-electron chi connectivity index (χ2n) is 4.71. The Balaban J connectivity index is 1.91. The molecule has 1 heterocycles. The summed E-state index contributed by atoms with van der Waals surface area (Å²) in [5.74, 6) is 2.25. The molecule has 2 aromatic carbocycles. The summed E-state index contributed by atoms with van der Waals surface area (Å²) < 4.78 is 7.75. The van der Waals surface area contributed by atoms with E-state index >= 15 is 0 Å². The number of para-hydroxylation sites is 1. The topological polar surface area (TPSA) is 53.1 Å². The smallest absolute Gasteiger partial charge is 0.131 e. The van der Waals surface area contributed by atoms with Crippen molar-refractivity contribution in [3.63, 3.8) is 0 Å². The molecule has 21 heavy (non-hydrogen) atoms. The zero-order valence-corrected chi connectivity index (χ0v) is 11.9. The van der Waals surface area contributed by atoms with Gasteiger partial charge in [0.15, 0.2) is 0 Å². The first-order valence-electron chi connectivity index (χ1n) is 6.92. The van der Waals surface area contributed by atoms with Crippen molar-refractivity contribution in [1.29, 1.82) is 0 Å². The summed E-state index contributed by atoms with van der Waals surface area (Å²) in [5.41, 5.74) is 7.85. The summed E-state index contributed by atoms with van der Waals surface area (Å²) in [4.78, 5) is 4.39. The minimum absolute atomic E-state index is 0.675. The highest BCUT2D eigenvalue weighted by atomic mass is 16.5. The highest BCUT2D eigenvalue weighted by Crippen LogP contribution is 2.29. The Morgan fingerprint density at radius 3 is 2.52 bits per heavy atom. The number of nitrogens with two attached hydrogens (primary N) is 1. The molecule has 0 amide bonds. The van der Waals surface area contributed by atoms with Crippen LogP contribution in [0.5, 0.6) is 11.5 Å². The number of ether oxygens (including phenoxy) is 1. The van der Waals surface area contributed by atoms with E-state index in [4.69, 9.17) is 10.5 Å². The van der Waals surface area contributed by atoms with Gasteiger partial charge in [-0.1, -0.05) is 30.3 Å². The third kappa shape index (κ3) is 2.74. The maximum Gasteiger partial charge on any atom is 0.131 e. The maximum absolute atomic E-state index is 6.11. The SMILES string of the molecule is CCn1cnc(-c2cccc(Oc3ccccc3)c2)c1N. The third-order valence-electron chi connectivity index (χ3n) is 3.31. The van der Waals surface area contributed by atoms with Gasteiger partial charge in [0.05, 0.1) is 6.33 Å². The highest BCUT2D eigenvalue weighted by molar-refractivity contribution is 5.71. The van der Waals surface area contributed by atoms with Gasteiger partial charge < -0.3 is 15.0 Å². The van der Waals surface area contributed by atoms with Crippen molar-refractivity contribution in [2.45, 2.75) is 13.5 Å². The number of anilines is 1. The van der Waals surface area contributed by atoms with E-state index < -0.39 is 0 Å². The fraction of sp³-hybridized carbons (Fsp3) is 0.118. The Morgan fingerprint density at radius 1 is 1.05 bits per heavy atom. The van der Waals surface area contributed by atoms with Gasteiger partial charge in [0.2, 0.25) is 0 Å². The number of hydrogen-bond donors (Lipinski definition) is 1. The van der Waals surface area contributed by atoms with Crippen LogP contribution >= 0.6 is 0 Å². The molecular formula is C17H17N3O. The minimum atomic E-state index is 0.675. The van der Waals surface area contributed by atoms with E-state index in [1.54, 1.807) is 6.33 Å². The molecule has 0 aliphatic rings. The van der Waals surface area contributed by atoms with Crippen LogP contribution in [0.2, 0.25) is 0 Å². The Labute approximate surface area is 123 Å². The van der Waals surface area contributed by atoms with Crippen LogP contribution in [0.25, 0.3) is 11.3 Å². The van der Waals surface area contributed by atoms with Crippen LogP contribution < -0.4 is 10.5 Å². The van der Waals surface area contributed by atoms with E-state index in [1.165, 1.54) is 0 Å². The lowest BCUT2D eigenvalue weighted by Crippen LogP contribution is -1.99. The summed E-state index contributed by atoms with van der Waals surface area (Å²) in [6.07, 6.45) is 1.76. The van der Waals surface area contributed by atoms with Crippen LogP contribution in [-0.4, -0.2) is 9.55 Å². The van der Waals surface area contributed by atoms with Crippen molar-refractivity contribution < 1.29 is 4.74 Å². The molecule has 0 fully saturated rings. The molecule has 4 heteroatoms. The largest absolute Gasteiger partial charge is 0.457 e. The number of nitrogens with zero attached hydrogens (tertiary/aromatic N) is 2. The van der Waals surface area contributed by atoms with Crippen molar-refractivity contribution >= 4 is 5.82 Å². The molecule has 0 spiro atoms. The first kappa shape index (κ1) is 13.2. The van der Waals surface area contributed by atoms with Crippen LogP contribution in [0.15, 0.2) is 60.9 Å². The molecule has 2 N–H and O–H groups in total. The number of benzene rings is 2. The summed E-state index contributed by atoms with van der Waals surface area (Å²) >= 11 is 0. The van der Waals surface area contributed by atoms with Gasteiger partial charge in [0, 0.05) is 12.1 Å². The molecular weight excluding hydrogens is 262 g/mol. The van der Waals surface area contributed by atoms with Gasteiger partial charge in [-0.25, -0.2) is 4.98 Å². The number of rotatable bonds is 4. The second kappa shape index (κ2) is 5.71. The first-order chi connectivity index (χ1) is 10.3. The van der Waals surface area contributed by atoms with Gasteiger partial charge in [-0.05, 0) is 31.2 Å². The molecule has 0 aliphatic heterocycles. The van der Waals surface area contributed by atoms with E-state index in [9.17, 15) is 0 Å². The Morgan fingerprint density at radius 2 is 1.81 bits per heavy atom. The summed E-state index contributed by atoms with van der Waals surface area (Å²) in [5, 5.41) is 0. The summed E-state index contributed by atoms with van der Waals surface area (Å²) in [7, 11) is 0. The fourth-order valence-electron chi connectivity index (χ4n) is 2.20. The maximum atomic E-state index is 6.11. The van der Waals surface area contributed by atoms with Gasteiger partial charge in [-0.15, -0.1) is 0 Å². The van der Waals surface area contributed by atoms with Gasteiger partial charge in [0.1, 0.15) is 23.0 Å². The third-order valence-corrected chi connectivity index (χ3v) is 3.31. The average molecular weight is 279 g/mol. The van der Waals surface area contributed by atoms with E-state index in [-0.39, 0.29) is 0 Å². The lowest BCUT2D eigenvalue weighted by molar-refractivity contribution is 0.483. The molecule has 0 saturated carbocycles. The van der Waals surface area contributed by atoms with Gasteiger partial charge in [-0.3, -0.25) is 0 Å².